The Morgan fingerprint density at radius 1 is 0.458 bits per heavy atom. The molecule has 10 rings (SSSR count). The number of rotatable bonds is 9. The van der Waals surface area contributed by atoms with Crippen molar-refractivity contribution in [1.82, 2.24) is 65.9 Å². The summed E-state index contributed by atoms with van der Waals surface area (Å²) in [7, 11) is 22.7. The van der Waals surface area contributed by atoms with Crippen LogP contribution < -0.4 is 31.9 Å². The normalized spacial score (nSPS) is 22.3. The molecule has 9 aliphatic rings. The Hall–Kier alpha value is -2.26. The Labute approximate surface area is 512 Å². The average molecular weight is 1180 g/mol. The zero-order valence-corrected chi connectivity index (χ0v) is 56.7. The molecule has 9 fully saturated rings. The number of aromatic nitrogens is 1. The van der Waals surface area contributed by atoms with Crippen molar-refractivity contribution in [3.8, 4) is 0 Å². The Kier molecular flexibility index (Phi) is 50.1. The molecule has 6 N–H and O–H groups in total. The van der Waals surface area contributed by atoms with E-state index in [1.54, 1.807) is 13.8 Å². The number of hydrogen-bond donors (Lipinski definition) is 6. The van der Waals surface area contributed by atoms with Crippen LogP contribution in [0.4, 0.5) is 0 Å². The number of ether oxygens (including phenoxy) is 2. The van der Waals surface area contributed by atoms with E-state index in [1.165, 1.54) is 167 Å². The van der Waals surface area contributed by atoms with Crippen molar-refractivity contribution in [2.24, 2.45) is 18.9 Å². The van der Waals surface area contributed by atoms with Gasteiger partial charge < -0.3 is 75.3 Å². The molecular weight excluding hydrogens is 1040 g/mol. The van der Waals surface area contributed by atoms with E-state index >= 15 is 0 Å². The van der Waals surface area contributed by atoms with Crippen LogP contribution >= 0.6 is 0 Å². The number of aryl methyl sites for hydroxylation is 1. The van der Waals surface area contributed by atoms with Gasteiger partial charge >= 0.3 is 0 Å². The van der Waals surface area contributed by atoms with Crippen molar-refractivity contribution in [2.45, 2.75) is 193 Å². The van der Waals surface area contributed by atoms with Gasteiger partial charge in [-0.05, 0) is 217 Å². The third kappa shape index (κ3) is 43.1. The van der Waals surface area contributed by atoms with Crippen LogP contribution in [0.15, 0.2) is 18.3 Å². The Morgan fingerprint density at radius 3 is 1.27 bits per heavy atom. The fourth-order valence-electron chi connectivity index (χ4n) is 11.5. The highest BCUT2D eigenvalue weighted by molar-refractivity contribution is 5.73. The topological polar surface area (TPSA) is 149 Å². The van der Waals surface area contributed by atoms with E-state index in [2.05, 4.69) is 118 Å². The first-order valence-corrected chi connectivity index (χ1v) is 33.6. The highest BCUT2D eigenvalue weighted by Gasteiger charge is 2.19. The first kappa shape index (κ1) is 78.8. The first-order chi connectivity index (χ1) is 40.1. The zero-order chi connectivity index (χ0) is 61.3. The molecule has 490 valence electrons. The van der Waals surface area contributed by atoms with Crippen LogP contribution in [-0.2, 0) is 32.7 Å². The van der Waals surface area contributed by atoms with E-state index in [9.17, 15) is 9.59 Å². The maximum atomic E-state index is 10.9. The molecule has 1 aromatic heterocycles. The SMILES string of the molecule is CC(=O)N1CCN(C)CC1.CC1CCN(C)CC1.CN1CCCC1.CN1CCOCC1.CNC1CCCC1.CNC1CCCCC1.CNC1CCN(C(C)=O)CC1.CNCC1CCCCC1.CNCC1CCCO1.CNCc1cccn1C. The van der Waals surface area contributed by atoms with Crippen molar-refractivity contribution in [2.75, 3.05) is 182 Å². The molecular formula is C66H137N13O4. The summed E-state index contributed by atoms with van der Waals surface area (Å²) in [6.07, 6.45) is 33.0. The van der Waals surface area contributed by atoms with E-state index in [1.807, 2.05) is 50.3 Å². The van der Waals surface area contributed by atoms with E-state index < -0.39 is 0 Å². The molecule has 7 heterocycles. The summed E-state index contributed by atoms with van der Waals surface area (Å²) < 4.78 is 12.5. The predicted molar refractivity (Wildman–Crippen MR) is 354 cm³/mol. The van der Waals surface area contributed by atoms with E-state index in [0.29, 0.717) is 12.1 Å². The average Bonchev–Trinajstić information content (AvgIpc) is 4.41. The van der Waals surface area contributed by atoms with Gasteiger partial charge in [-0.1, -0.05) is 58.3 Å². The molecule has 1 aromatic rings. The minimum absolute atomic E-state index is 0.202. The van der Waals surface area contributed by atoms with Gasteiger partial charge in [-0.25, -0.2) is 0 Å². The summed E-state index contributed by atoms with van der Waals surface area (Å²) in [6.45, 7) is 24.7. The highest BCUT2D eigenvalue weighted by atomic mass is 16.5. The third-order valence-electron chi connectivity index (χ3n) is 17.7. The van der Waals surface area contributed by atoms with Gasteiger partial charge in [-0.2, -0.15) is 0 Å². The third-order valence-corrected chi connectivity index (χ3v) is 17.7. The van der Waals surface area contributed by atoms with E-state index in [-0.39, 0.29) is 11.8 Å². The second kappa shape index (κ2) is 52.8. The minimum atomic E-state index is 0.202. The largest absolute Gasteiger partial charge is 0.379 e. The number of nitrogens with one attached hydrogen (secondary N) is 6. The maximum absolute atomic E-state index is 10.9. The number of likely N-dealkylation sites (tertiary alicyclic amines) is 3. The van der Waals surface area contributed by atoms with Crippen molar-refractivity contribution in [3.63, 3.8) is 0 Å². The summed E-state index contributed by atoms with van der Waals surface area (Å²) in [5, 5.41) is 19.2. The summed E-state index contributed by atoms with van der Waals surface area (Å²) in [5.74, 6) is 2.38. The van der Waals surface area contributed by atoms with Gasteiger partial charge in [0.25, 0.3) is 0 Å². The van der Waals surface area contributed by atoms with Crippen LogP contribution in [-0.4, -0.2) is 252 Å². The summed E-state index contributed by atoms with van der Waals surface area (Å²) in [5.41, 5.74) is 1.32. The van der Waals surface area contributed by atoms with Crippen molar-refractivity contribution in [3.05, 3.63) is 24.0 Å². The van der Waals surface area contributed by atoms with Gasteiger partial charge in [0.15, 0.2) is 0 Å². The second-order valence-corrected chi connectivity index (χ2v) is 25.1. The number of carbonyl (C=O) groups excluding carboxylic acids is 2. The molecule has 0 spiro atoms. The molecule has 6 saturated heterocycles. The van der Waals surface area contributed by atoms with Crippen LogP contribution in [0.5, 0.6) is 0 Å². The smallest absolute Gasteiger partial charge is 0.219 e. The number of piperidine rings is 2. The molecule has 0 aromatic carbocycles. The predicted octanol–water partition coefficient (Wildman–Crippen LogP) is 7.61. The molecule has 1 atom stereocenters. The van der Waals surface area contributed by atoms with Crippen molar-refractivity contribution < 1.29 is 19.1 Å². The Balaban J connectivity index is 0.000000463. The minimum Gasteiger partial charge on any atom is -0.379 e. The molecule has 83 heavy (non-hydrogen) atoms. The lowest BCUT2D eigenvalue weighted by Gasteiger charge is -2.31. The van der Waals surface area contributed by atoms with Crippen LogP contribution in [0.1, 0.15) is 168 Å². The molecule has 6 aliphatic heterocycles. The van der Waals surface area contributed by atoms with Crippen LogP contribution in [0.2, 0.25) is 0 Å². The van der Waals surface area contributed by atoms with Gasteiger partial charge in [0.1, 0.15) is 0 Å². The maximum Gasteiger partial charge on any atom is 0.219 e. The number of amides is 2. The zero-order valence-electron chi connectivity index (χ0n) is 56.7. The number of carbonyl (C=O) groups is 2. The molecule has 17 nitrogen and oxygen atoms in total. The standard InChI is InChI=1S/C8H16N2O.C8H17N.C7H14N2O.C7H12N2.2C7H15N.C6H13NO.C6H13N.C5H11NO.C5H11N/c1-7(11)10-5-3-8(9-2)4-6-10;1-9-7-8-5-3-2-4-6-8;1-7(10)9-5-3-8(2)4-6-9;1-8-6-7-4-3-5-9(7)2;1-7-3-5-8(2)6-4-7;1-8-7-5-3-2-4-6-7;1-7-5-6-3-2-4-8-6;1-7-6-4-2-3-5-6;1-6-2-4-7-5-3-6;1-6-4-2-3-5-6/h8-9H,3-6H2,1-2H3;8-9H,2-7H2,1H3;3-6H2,1-2H3;3-5,8H,6H2,1-2H3;7H,3-6H2,1-2H3;7-8H,2-6H2,1H3;6-7H,2-5H2,1H3;6-7H,2-5H2,1H3;2-5H2,1H3;2-5H2,1H3. The van der Waals surface area contributed by atoms with Crippen LogP contribution in [0.3, 0.4) is 0 Å². The fourth-order valence-corrected chi connectivity index (χ4v) is 11.5. The molecule has 3 aliphatic carbocycles. The van der Waals surface area contributed by atoms with E-state index in [4.69, 9.17) is 9.47 Å². The molecule has 3 saturated carbocycles. The van der Waals surface area contributed by atoms with Crippen molar-refractivity contribution in [1.29, 1.82) is 0 Å². The van der Waals surface area contributed by atoms with E-state index in [0.717, 1.165) is 122 Å². The van der Waals surface area contributed by atoms with Crippen LogP contribution in [0, 0.1) is 11.8 Å². The number of piperazine rings is 1. The van der Waals surface area contributed by atoms with Gasteiger partial charge in [0.2, 0.25) is 11.8 Å². The monoisotopic (exact) mass is 1180 g/mol. The summed E-state index contributed by atoms with van der Waals surface area (Å²) in [4.78, 5) is 34.8. The Bertz CT molecular complexity index is 1560. The fraction of sp³-hybridized carbons (Fsp3) is 0.909. The number of hydrogen-bond acceptors (Lipinski definition) is 14. The Morgan fingerprint density at radius 2 is 0.904 bits per heavy atom. The van der Waals surface area contributed by atoms with Gasteiger partial charge in [-0.15, -0.1) is 0 Å². The van der Waals surface area contributed by atoms with Crippen molar-refractivity contribution >= 4 is 11.8 Å². The lowest BCUT2D eigenvalue weighted by atomic mass is 9.89. The van der Waals surface area contributed by atoms with Gasteiger partial charge in [0, 0.05) is 123 Å². The summed E-state index contributed by atoms with van der Waals surface area (Å²) in [6, 6.07) is 6.46. The van der Waals surface area contributed by atoms with Crippen LogP contribution in [0.25, 0.3) is 0 Å². The molecule has 0 bridgehead atoms. The number of likely N-dealkylation sites (N-methyl/N-ethyl adjacent to an activating group) is 3. The van der Waals surface area contributed by atoms with Gasteiger partial charge in [-0.3, -0.25) is 9.59 Å². The second-order valence-electron chi connectivity index (χ2n) is 25.1. The lowest BCUT2D eigenvalue weighted by Crippen LogP contribution is -2.46. The van der Waals surface area contributed by atoms with Gasteiger partial charge in [0.05, 0.1) is 19.3 Å². The summed E-state index contributed by atoms with van der Waals surface area (Å²) >= 11 is 0. The first-order valence-electron chi connectivity index (χ1n) is 33.6. The highest BCUT2D eigenvalue weighted by Crippen LogP contribution is 2.22. The molecule has 1 unspecified atom stereocenters. The molecule has 2 amide bonds. The number of nitrogens with zero attached hydrogens (tertiary/aromatic N) is 7. The lowest BCUT2D eigenvalue weighted by molar-refractivity contribution is -0.131. The quantitative estimate of drug-likeness (QED) is 0.144. The molecule has 0 radical (unpaired) electrons. The molecule has 17 heteroatoms. The number of morpholine rings is 1.